The van der Waals surface area contributed by atoms with Crippen molar-refractivity contribution < 1.29 is 9.59 Å². The Morgan fingerprint density at radius 1 is 1.08 bits per heavy atom. The maximum Gasteiger partial charge on any atom is 0.313 e. The van der Waals surface area contributed by atoms with E-state index in [1.807, 2.05) is 51.1 Å². The van der Waals surface area contributed by atoms with Crippen LogP contribution in [0.5, 0.6) is 0 Å². The van der Waals surface area contributed by atoms with Crippen LogP contribution >= 0.6 is 0 Å². The van der Waals surface area contributed by atoms with E-state index < -0.39 is 11.8 Å². The molecule has 0 fully saturated rings. The quantitative estimate of drug-likeness (QED) is 0.860. The fourth-order valence-electron chi connectivity index (χ4n) is 2.59. The number of carbonyl (C=O) groups excluding carboxylic acids is 2. The van der Waals surface area contributed by atoms with E-state index >= 15 is 0 Å². The van der Waals surface area contributed by atoms with Crippen LogP contribution in [0, 0.1) is 13.8 Å². The predicted octanol–water partition coefficient (Wildman–Crippen LogP) is 2.73. The third-order valence-corrected chi connectivity index (χ3v) is 3.76. The molecule has 0 aliphatic heterocycles. The molecule has 0 aliphatic rings. The number of pyridine rings is 1. The Morgan fingerprint density at radius 3 is 2.29 bits per heavy atom. The Bertz CT molecular complexity index is 694. The minimum atomic E-state index is -0.600. The van der Waals surface area contributed by atoms with E-state index in [0.717, 1.165) is 16.7 Å². The topological polar surface area (TPSA) is 62.3 Å². The van der Waals surface area contributed by atoms with Crippen LogP contribution in [0.4, 0.5) is 5.69 Å². The molecule has 1 N–H and O–H groups in total. The van der Waals surface area contributed by atoms with Gasteiger partial charge in [0.25, 0.3) is 0 Å². The van der Waals surface area contributed by atoms with Gasteiger partial charge in [0.1, 0.15) is 0 Å². The number of aryl methyl sites for hydroxylation is 2. The Kier molecular flexibility index (Phi) is 6.07. The van der Waals surface area contributed by atoms with Gasteiger partial charge in [0.2, 0.25) is 0 Å². The molecule has 2 rings (SSSR count). The summed E-state index contributed by atoms with van der Waals surface area (Å²) in [5.41, 5.74) is 3.83. The zero-order valence-electron chi connectivity index (χ0n) is 14.4. The Balaban J connectivity index is 1.97. The lowest BCUT2D eigenvalue weighted by molar-refractivity contribution is -0.143. The molecule has 2 amide bonds. The second-order valence-corrected chi connectivity index (χ2v) is 5.82. The SMILES string of the molecule is CCN(CCc1ccncc1)C(=O)C(=O)Nc1cc(C)cc(C)c1. The van der Waals surface area contributed by atoms with Gasteiger partial charge in [-0.3, -0.25) is 14.6 Å². The number of amides is 2. The van der Waals surface area contributed by atoms with Crippen LogP contribution in [0.1, 0.15) is 23.6 Å². The van der Waals surface area contributed by atoms with Crippen molar-refractivity contribution in [2.24, 2.45) is 0 Å². The van der Waals surface area contributed by atoms with Gasteiger partial charge < -0.3 is 10.2 Å². The van der Waals surface area contributed by atoms with Gasteiger partial charge in [-0.05, 0) is 68.1 Å². The van der Waals surface area contributed by atoms with Crippen LogP contribution in [-0.4, -0.2) is 34.8 Å². The fourth-order valence-corrected chi connectivity index (χ4v) is 2.59. The second kappa shape index (κ2) is 8.24. The fraction of sp³-hybridized carbons (Fsp3) is 0.316. The van der Waals surface area contributed by atoms with Crippen LogP contribution in [-0.2, 0) is 16.0 Å². The number of anilines is 1. The number of likely N-dealkylation sites (N-methyl/N-ethyl adjacent to an activating group) is 1. The number of aromatic nitrogens is 1. The number of nitrogens with one attached hydrogen (secondary N) is 1. The van der Waals surface area contributed by atoms with E-state index in [2.05, 4.69) is 10.3 Å². The standard InChI is InChI=1S/C19H23N3O2/c1-4-22(10-7-16-5-8-20-9-6-16)19(24)18(23)21-17-12-14(2)11-15(3)13-17/h5-6,8-9,11-13H,4,7,10H2,1-3H3,(H,21,23). The summed E-state index contributed by atoms with van der Waals surface area (Å²) >= 11 is 0. The summed E-state index contributed by atoms with van der Waals surface area (Å²) in [5.74, 6) is -1.11. The van der Waals surface area contributed by atoms with Crippen LogP contribution in [0.15, 0.2) is 42.7 Å². The highest BCUT2D eigenvalue weighted by atomic mass is 16.2. The van der Waals surface area contributed by atoms with Crippen molar-refractivity contribution in [3.63, 3.8) is 0 Å². The molecule has 0 bridgehead atoms. The zero-order chi connectivity index (χ0) is 17.5. The largest absolute Gasteiger partial charge is 0.334 e. The van der Waals surface area contributed by atoms with Gasteiger partial charge in [0.05, 0.1) is 0 Å². The number of rotatable bonds is 5. The van der Waals surface area contributed by atoms with Crippen LogP contribution < -0.4 is 5.32 Å². The number of hydrogen-bond donors (Lipinski definition) is 1. The molecule has 1 aromatic heterocycles. The molecule has 2 aromatic rings. The first-order chi connectivity index (χ1) is 11.5. The van der Waals surface area contributed by atoms with E-state index in [0.29, 0.717) is 25.2 Å². The summed E-state index contributed by atoms with van der Waals surface area (Å²) < 4.78 is 0. The maximum absolute atomic E-state index is 12.4. The van der Waals surface area contributed by atoms with E-state index in [4.69, 9.17) is 0 Å². The van der Waals surface area contributed by atoms with Crippen molar-refractivity contribution in [3.8, 4) is 0 Å². The molecule has 126 valence electrons. The van der Waals surface area contributed by atoms with Crippen molar-refractivity contribution in [1.29, 1.82) is 0 Å². The zero-order valence-corrected chi connectivity index (χ0v) is 14.4. The number of carbonyl (C=O) groups is 2. The summed E-state index contributed by atoms with van der Waals surface area (Å²) in [6, 6.07) is 9.54. The Labute approximate surface area is 142 Å². The average Bonchev–Trinajstić information content (AvgIpc) is 2.55. The Hall–Kier alpha value is -2.69. The molecular weight excluding hydrogens is 302 g/mol. The third kappa shape index (κ3) is 4.91. The number of benzene rings is 1. The smallest absolute Gasteiger partial charge is 0.313 e. The highest BCUT2D eigenvalue weighted by Crippen LogP contribution is 2.14. The highest BCUT2D eigenvalue weighted by Gasteiger charge is 2.20. The molecule has 5 nitrogen and oxygen atoms in total. The van der Waals surface area contributed by atoms with Gasteiger partial charge in [-0.15, -0.1) is 0 Å². The van der Waals surface area contributed by atoms with E-state index in [1.54, 1.807) is 17.3 Å². The lowest BCUT2D eigenvalue weighted by atomic mass is 10.1. The molecule has 24 heavy (non-hydrogen) atoms. The Morgan fingerprint density at radius 2 is 1.71 bits per heavy atom. The van der Waals surface area contributed by atoms with Gasteiger partial charge in [-0.1, -0.05) is 6.07 Å². The summed E-state index contributed by atoms with van der Waals surface area (Å²) in [7, 11) is 0. The van der Waals surface area contributed by atoms with Crippen molar-refractivity contribution in [2.45, 2.75) is 27.2 Å². The first-order valence-corrected chi connectivity index (χ1v) is 8.07. The lowest BCUT2D eigenvalue weighted by Crippen LogP contribution is -2.40. The number of hydrogen-bond acceptors (Lipinski definition) is 3. The first kappa shape index (κ1) is 17.7. The molecule has 0 aliphatic carbocycles. The molecule has 1 heterocycles. The van der Waals surface area contributed by atoms with Gasteiger partial charge in [-0.25, -0.2) is 0 Å². The van der Waals surface area contributed by atoms with Crippen LogP contribution in [0.3, 0.4) is 0 Å². The molecule has 0 saturated carbocycles. The van der Waals surface area contributed by atoms with E-state index in [-0.39, 0.29) is 0 Å². The lowest BCUT2D eigenvalue weighted by Gasteiger charge is -2.20. The molecule has 1 aromatic carbocycles. The maximum atomic E-state index is 12.4. The van der Waals surface area contributed by atoms with Gasteiger partial charge in [0.15, 0.2) is 0 Å². The van der Waals surface area contributed by atoms with Crippen molar-refractivity contribution >= 4 is 17.5 Å². The van der Waals surface area contributed by atoms with Gasteiger partial charge >= 0.3 is 11.8 Å². The molecule has 0 unspecified atom stereocenters. The minimum Gasteiger partial charge on any atom is -0.334 e. The van der Waals surface area contributed by atoms with Gasteiger partial charge in [-0.2, -0.15) is 0 Å². The minimum absolute atomic E-state index is 0.490. The third-order valence-electron chi connectivity index (χ3n) is 3.76. The monoisotopic (exact) mass is 325 g/mol. The van der Waals surface area contributed by atoms with Crippen LogP contribution in [0.25, 0.3) is 0 Å². The number of nitrogens with zero attached hydrogens (tertiary/aromatic N) is 2. The normalized spacial score (nSPS) is 10.3. The van der Waals surface area contributed by atoms with Gasteiger partial charge in [0, 0.05) is 31.2 Å². The van der Waals surface area contributed by atoms with Crippen LogP contribution in [0.2, 0.25) is 0 Å². The predicted molar refractivity (Wildman–Crippen MR) is 94.7 cm³/mol. The van der Waals surface area contributed by atoms with Crippen molar-refractivity contribution in [3.05, 3.63) is 59.4 Å². The molecule has 0 radical (unpaired) electrons. The molecule has 5 heteroatoms. The molecule has 0 spiro atoms. The van der Waals surface area contributed by atoms with Crippen molar-refractivity contribution in [2.75, 3.05) is 18.4 Å². The van der Waals surface area contributed by atoms with Crippen molar-refractivity contribution in [1.82, 2.24) is 9.88 Å². The molecule has 0 atom stereocenters. The summed E-state index contributed by atoms with van der Waals surface area (Å²) in [6.07, 6.45) is 4.14. The van der Waals surface area contributed by atoms with E-state index in [1.165, 1.54) is 0 Å². The first-order valence-electron chi connectivity index (χ1n) is 8.07. The second-order valence-electron chi connectivity index (χ2n) is 5.82. The average molecular weight is 325 g/mol. The summed E-state index contributed by atoms with van der Waals surface area (Å²) in [6.45, 7) is 6.77. The summed E-state index contributed by atoms with van der Waals surface area (Å²) in [4.78, 5) is 30.1. The van der Waals surface area contributed by atoms with E-state index in [9.17, 15) is 9.59 Å². The molecular formula is C19H23N3O2. The highest BCUT2D eigenvalue weighted by molar-refractivity contribution is 6.39. The molecule has 0 saturated heterocycles. The summed E-state index contributed by atoms with van der Waals surface area (Å²) in [5, 5.41) is 2.70.